The average molecular weight is 544 g/mol. The van der Waals surface area contributed by atoms with Gasteiger partial charge in [-0.05, 0) is 130 Å². The smallest absolute Gasteiger partial charge is 0.222 e. The molecule has 39 heavy (non-hydrogen) atoms. The fraction of sp³-hybridized carbons (Fsp3) is 0.970. The van der Waals surface area contributed by atoms with Crippen LogP contribution in [0.4, 0.5) is 0 Å². The number of piperazine rings is 1. The van der Waals surface area contributed by atoms with Crippen LogP contribution in [0.5, 0.6) is 0 Å². The molecule has 6 aliphatic rings. The topological polar surface area (TPSA) is 76.0 Å². The Hall–Kier alpha value is -0.690. The Morgan fingerprint density at radius 3 is 2.49 bits per heavy atom. The van der Waals surface area contributed by atoms with Crippen LogP contribution in [0.3, 0.4) is 0 Å². The van der Waals surface area contributed by atoms with Crippen LogP contribution in [0.2, 0.25) is 0 Å². The van der Waals surface area contributed by atoms with Crippen LogP contribution in [-0.2, 0) is 4.79 Å². The predicted molar refractivity (Wildman–Crippen MR) is 155 cm³/mol. The molecule has 0 bridgehead atoms. The Labute approximate surface area is 237 Å². The molecule has 4 saturated carbocycles. The summed E-state index contributed by atoms with van der Waals surface area (Å²) in [5, 5.41) is 25.8. The molecule has 6 rings (SSSR count). The quantitative estimate of drug-likeness (QED) is 0.471. The number of hydrogen-bond acceptors (Lipinski definition) is 5. The lowest BCUT2D eigenvalue weighted by atomic mass is 9.43. The molecule has 3 N–H and O–H groups in total. The number of rotatable bonds is 5. The van der Waals surface area contributed by atoms with Gasteiger partial charge in [-0.2, -0.15) is 0 Å². The molecule has 0 aromatic carbocycles. The van der Waals surface area contributed by atoms with E-state index in [1.54, 1.807) is 0 Å². The summed E-state index contributed by atoms with van der Waals surface area (Å²) >= 11 is 0. The van der Waals surface area contributed by atoms with Crippen molar-refractivity contribution in [2.45, 2.75) is 123 Å². The summed E-state index contributed by atoms with van der Waals surface area (Å²) in [4.78, 5) is 17.9. The monoisotopic (exact) mass is 543 g/mol. The van der Waals surface area contributed by atoms with Gasteiger partial charge in [0, 0.05) is 32.6 Å². The van der Waals surface area contributed by atoms with Gasteiger partial charge in [0.15, 0.2) is 0 Å². The summed E-state index contributed by atoms with van der Waals surface area (Å²) in [6.45, 7) is 12.2. The van der Waals surface area contributed by atoms with Crippen LogP contribution in [0.1, 0.15) is 104 Å². The second kappa shape index (κ2) is 11.2. The Balaban J connectivity index is 1.04. The zero-order valence-electron chi connectivity index (χ0n) is 25.1. The molecule has 0 radical (unpaired) electrons. The first-order chi connectivity index (χ1) is 18.7. The minimum atomic E-state index is -0.238. The summed E-state index contributed by atoms with van der Waals surface area (Å²) in [7, 11) is 0. The van der Waals surface area contributed by atoms with Crippen molar-refractivity contribution in [2.75, 3.05) is 32.7 Å². The molecule has 2 aliphatic heterocycles. The van der Waals surface area contributed by atoms with Crippen molar-refractivity contribution < 1.29 is 15.0 Å². The van der Waals surface area contributed by atoms with Crippen molar-refractivity contribution in [3.63, 3.8) is 0 Å². The van der Waals surface area contributed by atoms with Crippen LogP contribution in [-0.4, -0.2) is 77.0 Å². The lowest BCUT2D eigenvalue weighted by molar-refractivity contribution is -0.175. The Bertz CT molecular complexity index is 870. The second-order valence-corrected chi connectivity index (χ2v) is 15.3. The van der Waals surface area contributed by atoms with E-state index in [0.29, 0.717) is 48.1 Å². The molecule has 6 fully saturated rings. The molecule has 2 saturated heterocycles. The first-order valence-corrected chi connectivity index (χ1v) is 16.8. The number of aliphatic hydroxyl groups is 2. The number of carbonyl (C=O) groups excluding carboxylic acids is 1. The zero-order valence-corrected chi connectivity index (χ0v) is 25.1. The second-order valence-electron chi connectivity index (χ2n) is 15.3. The molecule has 0 spiro atoms. The zero-order chi connectivity index (χ0) is 27.4. The highest BCUT2D eigenvalue weighted by Gasteiger charge is 2.63. The summed E-state index contributed by atoms with van der Waals surface area (Å²) in [5.41, 5.74) is 0.275. The van der Waals surface area contributed by atoms with E-state index in [0.717, 1.165) is 70.7 Å². The summed E-state index contributed by atoms with van der Waals surface area (Å²) in [5.74, 6) is 3.90. The number of nitrogens with zero attached hydrogens (tertiary/aromatic N) is 2. The van der Waals surface area contributed by atoms with Crippen molar-refractivity contribution in [3.8, 4) is 0 Å². The highest BCUT2D eigenvalue weighted by molar-refractivity contribution is 5.76. The van der Waals surface area contributed by atoms with E-state index in [1.165, 1.54) is 44.9 Å². The summed E-state index contributed by atoms with van der Waals surface area (Å²) < 4.78 is 0. The summed E-state index contributed by atoms with van der Waals surface area (Å²) in [6.07, 6.45) is 14.6. The van der Waals surface area contributed by atoms with Crippen molar-refractivity contribution in [1.29, 1.82) is 0 Å². The van der Waals surface area contributed by atoms with E-state index in [4.69, 9.17) is 0 Å². The maximum Gasteiger partial charge on any atom is 0.222 e. The Morgan fingerprint density at radius 1 is 0.949 bits per heavy atom. The minimum absolute atomic E-state index is 0.0143. The molecule has 11 atom stereocenters. The van der Waals surface area contributed by atoms with E-state index in [-0.39, 0.29) is 23.0 Å². The fourth-order valence-corrected chi connectivity index (χ4v) is 11.3. The standard InChI is InChI=1S/C33H57N3O3/c1-22(7-12-31(39)36-18-16-35(17-19-36)30-6-4-5-15-34-30)26-10-11-27-25-9-8-23-20-24(37)13-14-32(23,2)28(25)21-29(38)33(26,27)3/h22-30,34,37-38H,4-21H2,1-3H3/t22-,23+,24-,25+,26+,27-,28-,29+,30?,32+,33-/m1/s1. The van der Waals surface area contributed by atoms with Gasteiger partial charge in [-0.1, -0.05) is 20.8 Å². The van der Waals surface area contributed by atoms with E-state index >= 15 is 0 Å². The predicted octanol–water partition coefficient (Wildman–Crippen LogP) is 4.64. The van der Waals surface area contributed by atoms with Crippen LogP contribution in [0, 0.1) is 46.3 Å². The molecule has 2 heterocycles. The Kier molecular flexibility index (Phi) is 8.16. The third-order valence-corrected chi connectivity index (χ3v) is 13.7. The third-order valence-electron chi connectivity index (χ3n) is 13.7. The van der Waals surface area contributed by atoms with Gasteiger partial charge in [-0.25, -0.2) is 0 Å². The molecule has 1 amide bonds. The van der Waals surface area contributed by atoms with Crippen LogP contribution < -0.4 is 5.32 Å². The largest absolute Gasteiger partial charge is 0.393 e. The van der Waals surface area contributed by atoms with Crippen LogP contribution in [0.15, 0.2) is 0 Å². The van der Waals surface area contributed by atoms with Gasteiger partial charge in [0.1, 0.15) is 0 Å². The molecule has 6 nitrogen and oxygen atoms in total. The molecular weight excluding hydrogens is 486 g/mol. The van der Waals surface area contributed by atoms with Crippen LogP contribution in [0.25, 0.3) is 0 Å². The molecule has 0 aromatic heterocycles. The first-order valence-electron chi connectivity index (χ1n) is 16.8. The molecule has 4 aliphatic carbocycles. The maximum atomic E-state index is 13.2. The van der Waals surface area contributed by atoms with E-state index in [1.807, 2.05) is 0 Å². The highest BCUT2D eigenvalue weighted by atomic mass is 16.3. The number of carbonyl (C=O) groups is 1. The van der Waals surface area contributed by atoms with Crippen molar-refractivity contribution in [2.24, 2.45) is 46.3 Å². The highest BCUT2D eigenvalue weighted by Crippen LogP contribution is 2.68. The molecule has 222 valence electrons. The maximum absolute atomic E-state index is 13.2. The van der Waals surface area contributed by atoms with Crippen molar-refractivity contribution in [1.82, 2.24) is 15.1 Å². The van der Waals surface area contributed by atoms with Gasteiger partial charge in [0.05, 0.1) is 18.4 Å². The molecule has 1 unspecified atom stereocenters. The molecule has 6 heteroatoms. The number of hydrogen-bond donors (Lipinski definition) is 3. The lowest BCUT2D eigenvalue weighted by Crippen LogP contribution is -2.58. The van der Waals surface area contributed by atoms with E-state index in [2.05, 4.69) is 35.9 Å². The minimum Gasteiger partial charge on any atom is -0.393 e. The van der Waals surface area contributed by atoms with Gasteiger partial charge in [0.25, 0.3) is 0 Å². The number of fused-ring (bicyclic) bond motifs is 5. The first kappa shape index (κ1) is 28.4. The lowest BCUT2D eigenvalue weighted by Gasteiger charge is -2.62. The number of aliphatic hydroxyl groups excluding tert-OH is 2. The normalized spacial score (nSPS) is 47.7. The van der Waals surface area contributed by atoms with Crippen molar-refractivity contribution in [3.05, 3.63) is 0 Å². The van der Waals surface area contributed by atoms with Gasteiger partial charge in [-0.3, -0.25) is 9.69 Å². The number of piperidine rings is 1. The number of nitrogens with one attached hydrogen (secondary N) is 1. The Morgan fingerprint density at radius 2 is 1.74 bits per heavy atom. The van der Waals surface area contributed by atoms with Gasteiger partial charge in [0.2, 0.25) is 5.91 Å². The SMILES string of the molecule is C[C@H](CCC(=O)N1CCN(C2CCCCN2)CC1)[C@@H]1CC[C@@H]2[C@@H]3CC[C@H]4C[C@H](O)CC[C@]4(C)[C@@H]3C[C@H](O)[C@@]21C. The fourth-order valence-electron chi connectivity index (χ4n) is 11.3. The van der Waals surface area contributed by atoms with E-state index in [9.17, 15) is 15.0 Å². The number of amides is 1. The molecular formula is C33H57N3O3. The van der Waals surface area contributed by atoms with Crippen LogP contribution >= 0.6 is 0 Å². The molecule has 0 aromatic rings. The third kappa shape index (κ3) is 5.02. The summed E-state index contributed by atoms with van der Waals surface area (Å²) in [6, 6.07) is 0. The van der Waals surface area contributed by atoms with E-state index < -0.39 is 0 Å². The van der Waals surface area contributed by atoms with Crippen molar-refractivity contribution >= 4 is 5.91 Å². The van der Waals surface area contributed by atoms with Gasteiger partial charge in [-0.15, -0.1) is 0 Å². The van der Waals surface area contributed by atoms with Gasteiger partial charge >= 0.3 is 0 Å². The average Bonchev–Trinajstić information content (AvgIpc) is 3.32. The van der Waals surface area contributed by atoms with Gasteiger partial charge < -0.3 is 20.4 Å².